The maximum Gasteiger partial charge on any atom is 0.335 e. The fraction of sp³-hybridized carbons (Fsp3) is 0.400. The molecule has 2 aromatic rings. The van der Waals surface area contributed by atoms with E-state index in [9.17, 15) is 4.79 Å². The Balaban J connectivity index is 1.97. The Bertz CT molecular complexity index is 657. The van der Waals surface area contributed by atoms with Gasteiger partial charge in [0.1, 0.15) is 12.1 Å². The van der Waals surface area contributed by atoms with Gasteiger partial charge in [-0.15, -0.1) is 0 Å². The van der Waals surface area contributed by atoms with Gasteiger partial charge in [-0.3, -0.25) is 0 Å². The second-order valence-corrected chi connectivity index (χ2v) is 5.42. The lowest BCUT2D eigenvalue weighted by molar-refractivity contribution is 0.0697. The third-order valence-electron chi connectivity index (χ3n) is 4.07. The molecule has 2 N–H and O–H groups in total. The second kappa shape index (κ2) is 5.07. The van der Waals surface area contributed by atoms with Crippen LogP contribution < -0.4 is 5.32 Å². The Labute approximate surface area is 117 Å². The fourth-order valence-electron chi connectivity index (χ4n) is 2.84. The molecule has 0 radical (unpaired) electrons. The van der Waals surface area contributed by atoms with Crippen LogP contribution in [0.1, 0.15) is 36.5 Å². The van der Waals surface area contributed by atoms with Crippen LogP contribution in [0.4, 0.5) is 5.82 Å². The van der Waals surface area contributed by atoms with Crippen molar-refractivity contribution in [3.05, 3.63) is 30.1 Å². The number of carboxylic acids is 1. The van der Waals surface area contributed by atoms with Gasteiger partial charge in [0.25, 0.3) is 0 Å². The molecule has 0 bridgehead atoms. The van der Waals surface area contributed by atoms with Crippen molar-refractivity contribution in [2.75, 3.05) is 5.32 Å². The van der Waals surface area contributed by atoms with E-state index in [4.69, 9.17) is 5.11 Å². The average Bonchev–Trinajstić information content (AvgIpc) is 2.84. The molecular weight excluding hydrogens is 254 g/mol. The van der Waals surface area contributed by atoms with Gasteiger partial charge in [0.15, 0.2) is 0 Å². The zero-order valence-corrected chi connectivity index (χ0v) is 11.3. The predicted octanol–water partition coefficient (Wildman–Crippen LogP) is 2.93. The number of carboxylic acid groups (broad SMARTS) is 1. The molecule has 0 saturated heterocycles. The zero-order chi connectivity index (χ0) is 14.1. The van der Waals surface area contributed by atoms with Crippen molar-refractivity contribution in [3.63, 3.8) is 0 Å². The van der Waals surface area contributed by atoms with Crippen LogP contribution in [-0.4, -0.2) is 27.1 Å². The van der Waals surface area contributed by atoms with Crippen LogP contribution in [-0.2, 0) is 0 Å². The number of nitrogens with one attached hydrogen (secondary N) is 1. The van der Waals surface area contributed by atoms with E-state index < -0.39 is 5.97 Å². The molecule has 5 nitrogen and oxygen atoms in total. The van der Waals surface area contributed by atoms with Crippen LogP contribution >= 0.6 is 0 Å². The number of carbonyl (C=O) groups is 1. The van der Waals surface area contributed by atoms with Crippen molar-refractivity contribution in [1.82, 2.24) is 9.97 Å². The van der Waals surface area contributed by atoms with Crippen LogP contribution in [0.3, 0.4) is 0 Å². The van der Waals surface area contributed by atoms with Gasteiger partial charge in [0, 0.05) is 11.4 Å². The quantitative estimate of drug-likeness (QED) is 0.897. The molecule has 0 aliphatic heterocycles. The number of nitrogens with zero attached hydrogens (tertiary/aromatic N) is 2. The first-order valence-corrected chi connectivity index (χ1v) is 6.90. The van der Waals surface area contributed by atoms with E-state index in [-0.39, 0.29) is 5.56 Å². The van der Waals surface area contributed by atoms with Gasteiger partial charge in [-0.1, -0.05) is 13.3 Å². The highest BCUT2D eigenvalue weighted by Crippen LogP contribution is 2.29. The molecule has 20 heavy (non-hydrogen) atoms. The number of rotatable bonds is 3. The minimum atomic E-state index is -0.940. The Hall–Kier alpha value is -2.17. The van der Waals surface area contributed by atoms with Crippen molar-refractivity contribution < 1.29 is 9.90 Å². The van der Waals surface area contributed by atoms with Crippen molar-refractivity contribution in [2.24, 2.45) is 5.92 Å². The van der Waals surface area contributed by atoms with Crippen LogP contribution in [0, 0.1) is 5.92 Å². The third kappa shape index (κ3) is 2.31. The average molecular weight is 271 g/mol. The molecule has 1 aliphatic rings. The zero-order valence-electron chi connectivity index (χ0n) is 11.3. The van der Waals surface area contributed by atoms with Crippen LogP contribution in [0.2, 0.25) is 0 Å². The summed E-state index contributed by atoms with van der Waals surface area (Å²) in [4.78, 5) is 19.5. The number of aromatic nitrogens is 2. The van der Waals surface area contributed by atoms with Crippen LogP contribution in [0.5, 0.6) is 0 Å². The molecule has 1 aromatic carbocycles. The molecule has 0 amide bonds. The lowest BCUT2D eigenvalue weighted by Crippen LogP contribution is -2.22. The minimum Gasteiger partial charge on any atom is -0.478 e. The van der Waals surface area contributed by atoms with Crippen molar-refractivity contribution >= 4 is 22.7 Å². The van der Waals surface area contributed by atoms with Gasteiger partial charge in [-0.05, 0) is 37.0 Å². The number of aromatic carboxylic acids is 1. The number of hydrogen-bond acceptors (Lipinski definition) is 4. The molecule has 0 spiro atoms. The summed E-state index contributed by atoms with van der Waals surface area (Å²) in [5.41, 5.74) is 0.907. The minimum absolute atomic E-state index is 0.247. The SMILES string of the molecule is CC1CCCC1Nc1ncnc2cc(C(=O)O)ccc12. The summed E-state index contributed by atoms with van der Waals surface area (Å²) in [7, 11) is 0. The summed E-state index contributed by atoms with van der Waals surface area (Å²) >= 11 is 0. The molecular formula is C15H17N3O2. The molecule has 1 heterocycles. The third-order valence-corrected chi connectivity index (χ3v) is 4.07. The molecule has 2 atom stereocenters. The molecule has 104 valence electrons. The maximum absolute atomic E-state index is 11.0. The lowest BCUT2D eigenvalue weighted by Gasteiger charge is -2.18. The summed E-state index contributed by atoms with van der Waals surface area (Å²) in [6, 6.07) is 5.40. The summed E-state index contributed by atoms with van der Waals surface area (Å²) in [5.74, 6) is 0.494. The largest absolute Gasteiger partial charge is 0.478 e. The summed E-state index contributed by atoms with van der Waals surface area (Å²) in [6.07, 6.45) is 5.12. The first-order valence-electron chi connectivity index (χ1n) is 6.90. The summed E-state index contributed by atoms with van der Waals surface area (Å²) < 4.78 is 0. The van der Waals surface area contributed by atoms with E-state index in [1.54, 1.807) is 18.2 Å². The van der Waals surface area contributed by atoms with Crippen molar-refractivity contribution in [2.45, 2.75) is 32.2 Å². The van der Waals surface area contributed by atoms with Gasteiger partial charge < -0.3 is 10.4 Å². The monoisotopic (exact) mass is 271 g/mol. The molecule has 3 rings (SSSR count). The normalized spacial score (nSPS) is 22.1. The highest BCUT2D eigenvalue weighted by atomic mass is 16.4. The topological polar surface area (TPSA) is 75.1 Å². The van der Waals surface area contributed by atoms with E-state index in [0.29, 0.717) is 17.5 Å². The van der Waals surface area contributed by atoms with E-state index in [1.807, 2.05) is 0 Å². The molecule has 1 fully saturated rings. The highest BCUT2D eigenvalue weighted by molar-refractivity contribution is 5.96. The number of benzene rings is 1. The van der Waals surface area contributed by atoms with E-state index >= 15 is 0 Å². The van der Waals surface area contributed by atoms with Gasteiger partial charge in [-0.2, -0.15) is 0 Å². The first kappa shape index (κ1) is 12.8. The Morgan fingerprint density at radius 1 is 1.35 bits per heavy atom. The molecule has 1 saturated carbocycles. The Morgan fingerprint density at radius 3 is 2.90 bits per heavy atom. The Kier molecular flexibility index (Phi) is 3.26. The predicted molar refractivity (Wildman–Crippen MR) is 76.9 cm³/mol. The van der Waals surface area contributed by atoms with Gasteiger partial charge in [-0.25, -0.2) is 14.8 Å². The molecule has 1 aliphatic carbocycles. The smallest absolute Gasteiger partial charge is 0.335 e. The van der Waals surface area contributed by atoms with E-state index in [1.165, 1.54) is 19.2 Å². The van der Waals surface area contributed by atoms with E-state index in [2.05, 4.69) is 22.2 Å². The van der Waals surface area contributed by atoms with Crippen LogP contribution in [0.15, 0.2) is 24.5 Å². The van der Waals surface area contributed by atoms with Gasteiger partial charge in [0.2, 0.25) is 0 Å². The van der Waals surface area contributed by atoms with Gasteiger partial charge in [0.05, 0.1) is 11.1 Å². The summed E-state index contributed by atoms with van der Waals surface area (Å²) in [6.45, 7) is 2.25. The van der Waals surface area contributed by atoms with Gasteiger partial charge >= 0.3 is 5.97 Å². The van der Waals surface area contributed by atoms with Crippen molar-refractivity contribution in [1.29, 1.82) is 0 Å². The Morgan fingerprint density at radius 2 is 2.20 bits per heavy atom. The number of hydrogen-bond donors (Lipinski definition) is 2. The molecule has 5 heteroatoms. The first-order chi connectivity index (χ1) is 9.65. The fourth-order valence-corrected chi connectivity index (χ4v) is 2.84. The molecule has 1 aromatic heterocycles. The molecule has 2 unspecified atom stereocenters. The van der Waals surface area contributed by atoms with Crippen molar-refractivity contribution in [3.8, 4) is 0 Å². The standard InChI is InChI=1S/C15H17N3O2/c1-9-3-2-4-12(9)18-14-11-6-5-10(15(19)20)7-13(11)16-8-17-14/h5-9,12H,2-4H2,1H3,(H,19,20)(H,16,17,18). The highest BCUT2D eigenvalue weighted by Gasteiger charge is 2.24. The van der Waals surface area contributed by atoms with Crippen LogP contribution in [0.25, 0.3) is 10.9 Å². The lowest BCUT2D eigenvalue weighted by atomic mass is 10.1. The second-order valence-electron chi connectivity index (χ2n) is 5.42. The van der Waals surface area contributed by atoms with E-state index in [0.717, 1.165) is 17.6 Å². The summed E-state index contributed by atoms with van der Waals surface area (Å²) in [5, 5.41) is 13.4. The number of anilines is 1. The maximum atomic E-state index is 11.0. The number of fused-ring (bicyclic) bond motifs is 1.